The summed E-state index contributed by atoms with van der Waals surface area (Å²) in [6.07, 6.45) is 3.15. The predicted octanol–water partition coefficient (Wildman–Crippen LogP) is 2.34. The van der Waals surface area contributed by atoms with Gasteiger partial charge < -0.3 is 5.73 Å². The zero-order valence-corrected chi connectivity index (χ0v) is 14.0. The van der Waals surface area contributed by atoms with E-state index in [9.17, 15) is 8.42 Å². The molecule has 2 rings (SSSR count). The van der Waals surface area contributed by atoms with E-state index in [2.05, 4.69) is 18.7 Å². The summed E-state index contributed by atoms with van der Waals surface area (Å²) in [4.78, 5) is 3.11. The number of hydrazine groups is 1. The third-order valence-electron chi connectivity index (χ3n) is 4.17. The normalized spacial score (nSPS) is 24.2. The Balaban J connectivity index is 2.35. The quantitative estimate of drug-likeness (QED) is 0.840. The van der Waals surface area contributed by atoms with E-state index in [1.54, 1.807) is 26.0 Å². The molecule has 3 N–H and O–H groups in total. The van der Waals surface area contributed by atoms with Gasteiger partial charge in [-0.1, -0.05) is 6.42 Å². The lowest BCUT2D eigenvalue weighted by atomic mass is 10.0. The fraction of sp³-hybridized carbons (Fsp3) is 0.600. The fourth-order valence-corrected chi connectivity index (χ4v) is 4.89. The topological polar surface area (TPSA) is 75.4 Å². The molecule has 118 valence electrons. The van der Waals surface area contributed by atoms with Crippen molar-refractivity contribution >= 4 is 15.7 Å². The smallest absolute Gasteiger partial charge is 0.253 e. The minimum atomic E-state index is -3.58. The van der Waals surface area contributed by atoms with Gasteiger partial charge in [-0.05, 0) is 63.8 Å². The van der Waals surface area contributed by atoms with Gasteiger partial charge in [0.15, 0.2) is 0 Å². The van der Waals surface area contributed by atoms with Gasteiger partial charge in [0.25, 0.3) is 10.0 Å². The molecule has 1 aliphatic rings. The van der Waals surface area contributed by atoms with Crippen molar-refractivity contribution in [3.63, 3.8) is 0 Å². The Labute approximate surface area is 127 Å². The molecule has 2 atom stereocenters. The first-order chi connectivity index (χ1) is 9.72. The summed E-state index contributed by atoms with van der Waals surface area (Å²) in [5, 5.41) is 1.87. The number of benzene rings is 1. The van der Waals surface area contributed by atoms with Crippen molar-refractivity contribution in [2.45, 2.75) is 63.9 Å². The van der Waals surface area contributed by atoms with Gasteiger partial charge in [-0.25, -0.2) is 13.4 Å². The van der Waals surface area contributed by atoms with Crippen LogP contribution in [-0.4, -0.2) is 25.5 Å². The Hall–Kier alpha value is -1.11. The highest BCUT2D eigenvalue weighted by atomic mass is 32.2. The molecule has 0 radical (unpaired) electrons. The molecule has 1 saturated heterocycles. The number of anilines is 1. The second kappa shape index (κ2) is 5.94. The molecular weight excluding hydrogens is 286 g/mol. The Bertz CT molecular complexity index is 595. The fourth-order valence-electron chi connectivity index (χ4n) is 3.19. The number of piperidine rings is 1. The molecule has 6 heteroatoms. The number of nitrogens with one attached hydrogen (secondary N) is 1. The zero-order valence-electron chi connectivity index (χ0n) is 13.2. The van der Waals surface area contributed by atoms with Crippen LogP contribution < -0.4 is 10.6 Å². The Morgan fingerprint density at radius 2 is 1.62 bits per heavy atom. The number of sulfonamides is 1. The van der Waals surface area contributed by atoms with E-state index < -0.39 is 10.0 Å². The van der Waals surface area contributed by atoms with Crippen LogP contribution in [0.3, 0.4) is 0 Å². The van der Waals surface area contributed by atoms with Crippen LogP contribution in [0.2, 0.25) is 0 Å². The van der Waals surface area contributed by atoms with E-state index in [-0.39, 0.29) is 12.1 Å². The predicted molar refractivity (Wildman–Crippen MR) is 85.3 cm³/mol. The maximum absolute atomic E-state index is 12.8. The second-order valence-electron chi connectivity index (χ2n) is 6.11. The monoisotopic (exact) mass is 311 g/mol. The van der Waals surface area contributed by atoms with E-state index >= 15 is 0 Å². The molecule has 1 fully saturated rings. The number of hydrogen-bond donors (Lipinski definition) is 2. The number of rotatable bonds is 3. The van der Waals surface area contributed by atoms with Crippen molar-refractivity contribution < 1.29 is 8.42 Å². The van der Waals surface area contributed by atoms with Gasteiger partial charge in [0.05, 0.1) is 4.90 Å². The van der Waals surface area contributed by atoms with Gasteiger partial charge in [0.1, 0.15) is 0 Å². The molecule has 1 aromatic rings. The first-order valence-corrected chi connectivity index (χ1v) is 8.88. The van der Waals surface area contributed by atoms with E-state index in [1.807, 2.05) is 5.01 Å². The minimum absolute atomic E-state index is 0.206. The van der Waals surface area contributed by atoms with E-state index in [0.29, 0.717) is 21.7 Å². The van der Waals surface area contributed by atoms with Crippen LogP contribution in [0.1, 0.15) is 44.2 Å². The van der Waals surface area contributed by atoms with Crippen molar-refractivity contribution in [2.24, 2.45) is 0 Å². The molecule has 0 aromatic heterocycles. The van der Waals surface area contributed by atoms with Gasteiger partial charge >= 0.3 is 0 Å². The SMILES string of the molecule is Cc1cc(N)cc(C)c1S(=O)(=O)NN1C(C)CCCC1C. The van der Waals surface area contributed by atoms with Crippen LogP contribution in [0.15, 0.2) is 17.0 Å². The van der Waals surface area contributed by atoms with Crippen LogP contribution in [0, 0.1) is 13.8 Å². The average molecular weight is 311 g/mol. The van der Waals surface area contributed by atoms with Gasteiger partial charge in [-0.2, -0.15) is 0 Å². The first-order valence-electron chi connectivity index (χ1n) is 7.40. The maximum atomic E-state index is 12.8. The Morgan fingerprint density at radius 1 is 1.14 bits per heavy atom. The molecule has 1 aliphatic heterocycles. The highest BCUT2D eigenvalue weighted by Crippen LogP contribution is 2.26. The number of nitrogens with two attached hydrogens (primary N) is 1. The molecule has 1 heterocycles. The largest absolute Gasteiger partial charge is 0.399 e. The second-order valence-corrected chi connectivity index (χ2v) is 7.71. The number of hydrogen-bond acceptors (Lipinski definition) is 4. The van der Waals surface area contributed by atoms with Crippen molar-refractivity contribution in [1.29, 1.82) is 0 Å². The number of aryl methyl sites for hydroxylation is 2. The lowest BCUT2D eigenvalue weighted by Gasteiger charge is -2.38. The summed E-state index contributed by atoms with van der Waals surface area (Å²) in [5.74, 6) is 0. The van der Waals surface area contributed by atoms with Crippen LogP contribution >= 0.6 is 0 Å². The highest BCUT2D eigenvalue weighted by Gasteiger charge is 2.30. The summed E-state index contributed by atoms with van der Waals surface area (Å²) in [6.45, 7) is 7.67. The van der Waals surface area contributed by atoms with E-state index in [0.717, 1.165) is 19.3 Å². The summed E-state index contributed by atoms with van der Waals surface area (Å²) < 4.78 is 25.5. The molecule has 0 spiro atoms. The molecule has 21 heavy (non-hydrogen) atoms. The van der Waals surface area contributed by atoms with Gasteiger partial charge in [0.2, 0.25) is 0 Å². The zero-order chi connectivity index (χ0) is 15.8. The summed E-state index contributed by atoms with van der Waals surface area (Å²) in [5.41, 5.74) is 7.72. The standard InChI is InChI=1S/C15H25N3O2S/c1-10-8-14(16)9-11(2)15(10)21(19,20)17-18-12(3)6-5-7-13(18)4/h8-9,12-13,17H,5-7,16H2,1-4H3. The van der Waals surface area contributed by atoms with Gasteiger partial charge in [-0.15, -0.1) is 4.83 Å². The van der Waals surface area contributed by atoms with Crippen molar-refractivity contribution in [2.75, 3.05) is 5.73 Å². The molecule has 5 nitrogen and oxygen atoms in total. The molecule has 1 aromatic carbocycles. The third kappa shape index (κ3) is 3.39. The van der Waals surface area contributed by atoms with Crippen molar-refractivity contribution in [3.8, 4) is 0 Å². The van der Waals surface area contributed by atoms with Crippen molar-refractivity contribution in [3.05, 3.63) is 23.3 Å². The highest BCUT2D eigenvalue weighted by molar-refractivity contribution is 7.89. The van der Waals surface area contributed by atoms with Crippen LogP contribution in [0.25, 0.3) is 0 Å². The third-order valence-corrected chi connectivity index (χ3v) is 5.80. The molecular formula is C15H25N3O2S. The Kier molecular flexibility index (Phi) is 4.60. The van der Waals surface area contributed by atoms with E-state index in [1.165, 1.54) is 0 Å². The van der Waals surface area contributed by atoms with Gasteiger partial charge in [-0.3, -0.25) is 0 Å². The molecule has 0 amide bonds. The molecule has 2 unspecified atom stereocenters. The van der Waals surface area contributed by atoms with Gasteiger partial charge in [0, 0.05) is 17.8 Å². The number of nitrogens with zero attached hydrogens (tertiary/aromatic N) is 1. The van der Waals surface area contributed by atoms with Crippen LogP contribution in [-0.2, 0) is 10.0 Å². The van der Waals surface area contributed by atoms with E-state index in [4.69, 9.17) is 5.73 Å². The van der Waals surface area contributed by atoms with Crippen LogP contribution in [0.4, 0.5) is 5.69 Å². The molecule has 0 bridgehead atoms. The van der Waals surface area contributed by atoms with Crippen molar-refractivity contribution in [1.82, 2.24) is 9.84 Å². The molecule has 0 aliphatic carbocycles. The Morgan fingerprint density at radius 3 is 2.10 bits per heavy atom. The number of nitrogen functional groups attached to an aromatic ring is 1. The maximum Gasteiger partial charge on any atom is 0.253 e. The summed E-state index contributed by atoms with van der Waals surface area (Å²) >= 11 is 0. The average Bonchev–Trinajstić information content (AvgIpc) is 2.32. The summed E-state index contributed by atoms with van der Waals surface area (Å²) in [7, 11) is -3.58. The first kappa shape index (κ1) is 16.3. The van der Waals surface area contributed by atoms with Crippen LogP contribution in [0.5, 0.6) is 0 Å². The lowest BCUT2D eigenvalue weighted by Crippen LogP contribution is -2.54. The minimum Gasteiger partial charge on any atom is -0.399 e. The summed E-state index contributed by atoms with van der Waals surface area (Å²) in [6, 6.07) is 3.81. The lowest BCUT2D eigenvalue weighted by molar-refractivity contribution is 0.0790. The molecule has 0 saturated carbocycles.